The van der Waals surface area contributed by atoms with E-state index >= 15 is 0 Å². The van der Waals surface area contributed by atoms with Crippen LogP contribution >= 0.6 is 0 Å². The van der Waals surface area contributed by atoms with Crippen LogP contribution in [0.1, 0.15) is 43.9 Å². The Balaban J connectivity index is 2.10. The molecule has 0 heterocycles. The Kier molecular flexibility index (Phi) is 8.37. The van der Waals surface area contributed by atoms with Crippen LogP contribution in [-0.2, 0) is 22.6 Å². The van der Waals surface area contributed by atoms with Gasteiger partial charge in [0.05, 0.1) is 0 Å². The maximum atomic E-state index is 13.2. The molecule has 2 aromatic rings. The zero-order valence-electron chi connectivity index (χ0n) is 17.7. The molecule has 156 valence electrons. The average Bonchev–Trinajstić information content (AvgIpc) is 2.70. The summed E-state index contributed by atoms with van der Waals surface area (Å²) in [4.78, 5) is 27.2. The van der Waals surface area contributed by atoms with Gasteiger partial charge in [-0.2, -0.15) is 0 Å². The van der Waals surface area contributed by atoms with Crippen LogP contribution < -0.4 is 5.32 Å². The zero-order valence-corrected chi connectivity index (χ0v) is 17.7. The van der Waals surface area contributed by atoms with Crippen LogP contribution in [0.15, 0.2) is 48.5 Å². The summed E-state index contributed by atoms with van der Waals surface area (Å²) in [5.41, 5.74) is 3.05. The number of hydrogen-bond acceptors (Lipinski definition) is 2. The van der Waals surface area contributed by atoms with Crippen molar-refractivity contribution in [1.29, 1.82) is 0 Å². The van der Waals surface area contributed by atoms with Gasteiger partial charge in [-0.3, -0.25) is 9.59 Å². The Labute approximate surface area is 173 Å². The molecule has 1 unspecified atom stereocenters. The van der Waals surface area contributed by atoms with Crippen molar-refractivity contribution < 1.29 is 14.0 Å². The fraction of sp³-hybridized carbons (Fsp3) is 0.417. The SMILES string of the molecule is Cc1ccc(CCC(=O)N(Cc2ccc(F)cc2)C(C)C(=O)NCC(C)C)cc1. The van der Waals surface area contributed by atoms with Crippen molar-refractivity contribution in [2.24, 2.45) is 5.92 Å². The summed E-state index contributed by atoms with van der Waals surface area (Å²) in [5.74, 6) is -0.269. The summed E-state index contributed by atoms with van der Waals surface area (Å²) in [6.45, 7) is 8.64. The lowest BCUT2D eigenvalue weighted by Gasteiger charge is -2.29. The number of carbonyl (C=O) groups is 2. The summed E-state index contributed by atoms with van der Waals surface area (Å²) in [6, 6.07) is 13.5. The van der Waals surface area contributed by atoms with Crippen LogP contribution in [0.3, 0.4) is 0 Å². The van der Waals surface area contributed by atoms with Crippen LogP contribution in [0.5, 0.6) is 0 Å². The van der Waals surface area contributed by atoms with Crippen molar-refractivity contribution in [2.75, 3.05) is 6.54 Å². The summed E-state index contributed by atoms with van der Waals surface area (Å²) in [6.07, 6.45) is 0.922. The maximum Gasteiger partial charge on any atom is 0.242 e. The smallest absolute Gasteiger partial charge is 0.242 e. The highest BCUT2D eigenvalue weighted by atomic mass is 19.1. The maximum absolute atomic E-state index is 13.2. The van der Waals surface area contributed by atoms with Crippen LogP contribution in [0.4, 0.5) is 4.39 Å². The normalized spacial score (nSPS) is 11.9. The average molecular weight is 399 g/mol. The van der Waals surface area contributed by atoms with E-state index in [4.69, 9.17) is 0 Å². The number of aryl methyl sites for hydroxylation is 2. The van der Waals surface area contributed by atoms with E-state index in [1.807, 2.05) is 45.0 Å². The number of halogens is 1. The molecule has 0 aliphatic carbocycles. The highest BCUT2D eigenvalue weighted by Gasteiger charge is 2.26. The van der Waals surface area contributed by atoms with Crippen LogP contribution in [0, 0.1) is 18.7 Å². The van der Waals surface area contributed by atoms with Crippen molar-refractivity contribution in [1.82, 2.24) is 10.2 Å². The molecule has 4 nitrogen and oxygen atoms in total. The summed E-state index contributed by atoms with van der Waals surface area (Å²) >= 11 is 0. The number of nitrogens with one attached hydrogen (secondary N) is 1. The molecule has 0 aromatic heterocycles. The highest BCUT2D eigenvalue weighted by Crippen LogP contribution is 2.14. The number of amides is 2. The van der Waals surface area contributed by atoms with Crippen molar-refractivity contribution >= 4 is 11.8 Å². The van der Waals surface area contributed by atoms with E-state index in [1.165, 1.54) is 17.7 Å². The molecule has 0 saturated carbocycles. The van der Waals surface area contributed by atoms with E-state index in [0.717, 1.165) is 11.1 Å². The lowest BCUT2D eigenvalue weighted by molar-refractivity contribution is -0.140. The summed E-state index contributed by atoms with van der Waals surface area (Å²) in [7, 11) is 0. The molecule has 0 saturated heterocycles. The molecule has 5 heteroatoms. The molecule has 2 rings (SSSR count). The van der Waals surface area contributed by atoms with Gasteiger partial charge in [0, 0.05) is 19.5 Å². The number of hydrogen-bond donors (Lipinski definition) is 1. The second-order valence-electron chi connectivity index (χ2n) is 7.95. The van der Waals surface area contributed by atoms with Crippen LogP contribution in [0.2, 0.25) is 0 Å². The van der Waals surface area contributed by atoms with E-state index < -0.39 is 6.04 Å². The lowest BCUT2D eigenvalue weighted by Crippen LogP contribution is -2.48. The first-order valence-corrected chi connectivity index (χ1v) is 10.1. The third-order valence-electron chi connectivity index (χ3n) is 4.87. The molecular weight excluding hydrogens is 367 g/mol. The minimum absolute atomic E-state index is 0.0953. The van der Waals surface area contributed by atoms with Gasteiger partial charge < -0.3 is 10.2 Å². The monoisotopic (exact) mass is 398 g/mol. The Morgan fingerprint density at radius 3 is 2.14 bits per heavy atom. The first kappa shape index (κ1) is 22.6. The fourth-order valence-corrected chi connectivity index (χ4v) is 2.97. The van der Waals surface area contributed by atoms with Gasteiger partial charge in [-0.1, -0.05) is 55.8 Å². The van der Waals surface area contributed by atoms with Crippen molar-refractivity contribution in [3.05, 3.63) is 71.0 Å². The Morgan fingerprint density at radius 1 is 0.966 bits per heavy atom. The quantitative estimate of drug-likeness (QED) is 0.686. The predicted molar refractivity (Wildman–Crippen MR) is 114 cm³/mol. The van der Waals surface area contributed by atoms with Crippen molar-refractivity contribution in [3.63, 3.8) is 0 Å². The predicted octanol–water partition coefficient (Wildman–Crippen LogP) is 4.26. The third-order valence-corrected chi connectivity index (χ3v) is 4.87. The van der Waals surface area contributed by atoms with Gasteiger partial charge in [-0.05, 0) is 49.4 Å². The van der Waals surface area contributed by atoms with Gasteiger partial charge in [-0.25, -0.2) is 4.39 Å². The number of carbonyl (C=O) groups excluding carboxylic acids is 2. The second-order valence-corrected chi connectivity index (χ2v) is 7.95. The standard InChI is InChI=1S/C24H31FN2O2/c1-17(2)15-26-24(29)19(4)27(16-21-9-12-22(25)13-10-21)23(28)14-11-20-7-5-18(3)6-8-20/h5-10,12-13,17,19H,11,14-16H2,1-4H3,(H,26,29). The van der Waals surface area contributed by atoms with Gasteiger partial charge in [0.1, 0.15) is 11.9 Å². The van der Waals surface area contributed by atoms with E-state index in [0.29, 0.717) is 25.3 Å². The van der Waals surface area contributed by atoms with Gasteiger partial charge in [0.25, 0.3) is 0 Å². The molecular formula is C24H31FN2O2. The Hall–Kier alpha value is -2.69. The van der Waals surface area contributed by atoms with E-state index in [2.05, 4.69) is 5.32 Å². The summed E-state index contributed by atoms with van der Waals surface area (Å²) in [5, 5.41) is 2.90. The number of nitrogens with zero attached hydrogens (tertiary/aromatic N) is 1. The molecule has 2 aromatic carbocycles. The zero-order chi connectivity index (χ0) is 21.4. The summed E-state index contributed by atoms with van der Waals surface area (Å²) < 4.78 is 13.2. The molecule has 0 fully saturated rings. The molecule has 29 heavy (non-hydrogen) atoms. The van der Waals surface area contributed by atoms with Gasteiger partial charge in [0.2, 0.25) is 11.8 Å². The van der Waals surface area contributed by atoms with Gasteiger partial charge in [0.15, 0.2) is 0 Å². The Morgan fingerprint density at radius 2 is 1.55 bits per heavy atom. The van der Waals surface area contributed by atoms with Crippen LogP contribution in [0.25, 0.3) is 0 Å². The van der Waals surface area contributed by atoms with E-state index in [1.54, 1.807) is 24.0 Å². The van der Waals surface area contributed by atoms with Crippen LogP contribution in [-0.4, -0.2) is 29.3 Å². The number of benzene rings is 2. The molecule has 0 bridgehead atoms. The first-order valence-electron chi connectivity index (χ1n) is 10.1. The van der Waals surface area contributed by atoms with Crippen molar-refractivity contribution in [2.45, 2.75) is 53.1 Å². The first-order chi connectivity index (χ1) is 13.8. The highest BCUT2D eigenvalue weighted by molar-refractivity contribution is 5.87. The molecule has 1 atom stereocenters. The minimum Gasteiger partial charge on any atom is -0.354 e. The van der Waals surface area contributed by atoms with E-state index in [9.17, 15) is 14.0 Å². The Bertz CT molecular complexity index is 801. The van der Waals surface area contributed by atoms with E-state index in [-0.39, 0.29) is 24.2 Å². The molecule has 0 radical (unpaired) electrons. The topological polar surface area (TPSA) is 49.4 Å². The number of rotatable bonds is 9. The molecule has 0 aliphatic rings. The second kappa shape index (κ2) is 10.7. The van der Waals surface area contributed by atoms with Crippen molar-refractivity contribution in [3.8, 4) is 0 Å². The van der Waals surface area contributed by atoms with Gasteiger partial charge in [-0.15, -0.1) is 0 Å². The molecule has 2 amide bonds. The largest absolute Gasteiger partial charge is 0.354 e. The van der Waals surface area contributed by atoms with Gasteiger partial charge >= 0.3 is 0 Å². The third kappa shape index (κ3) is 7.33. The molecule has 1 N–H and O–H groups in total. The fourth-order valence-electron chi connectivity index (χ4n) is 2.97. The molecule has 0 aliphatic heterocycles. The lowest BCUT2D eigenvalue weighted by atomic mass is 10.1. The molecule has 0 spiro atoms. The minimum atomic E-state index is -0.607.